The molecule has 0 saturated heterocycles. The van der Waals surface area contributed by atoms with Crippen molar-refractivity contribution in [3.05, 3.63) is 16.5 Å². The predicted molar refractivity (Wildman–Crippen MR) is 83.6 cm³/mol. The van der Waals surface area contributed by atoms with Crippen LogP contribution < -0.4 is 5.32 Å². The molecule has 1 aliphatic rings. The van der Waals surface area contributed by atoms with Crippen molar-refractivity contribution in [2.24, 2.45) is 5.92 Å². The summed E-state index contributed by atoms with van der Waals surface area (Å²) in [6.45, 7) is 7.45. The van der Waals surface area contributed by atoms with Crippen molar-refractivity contribution in [2.75, 3.05) is 13.6 Å². The Labute approximate surface area is 126 Å². The minimum absolute atomic E-state index is 0.220. The largest absolute Gasteiger partial charge is 0.315 e. The first kappa shape index (κ1) is 15.9. The first-order valence-corrected chi connectivity index (χ1v) is 9.37. The summed E-state index contributed by atoms with van der Waals surface area (Å²) < 4.78 is 27.9. The fourth-order valence-electron chi connectivity index (χ4n) is 2.23. The van der Waals surface area contributed by atoms with Crippen LogP contribution in [0.2, 0.25) is 0 Å². The summed E-state index contributed by atoms with van der Waals surface area (Å²) in [6.07, 6.45) is 2.00. The van der Waals surface area contributed by atoms with E-state index in [0.717, 1.165) is 29.8 Å². The number of rotatable bonds is 7. The second-order valence-electron chi connectivity index (χ2n) is 5.90. The SMILES string of the molecule is CNCc1sc(S(=O)(=O)N(CC(C)C)C2CC2)cc1C. The zero-order chi connectivity index (χ0) is 14.9. The molecule has 0 atom stereocenters. The number of hydrogen-bond donors (Lipinski definition) is 1. The van der Waals surface area contributed by atoms with E-state index in [2.05, 4.69) is 19.2 Å². The molecule has 1 heterocycles. The summed E-state index contributed by atoms with van der Waals surface area (Å²) in [5, 5.41) is 3.09. The molecule has 1 aromatic rings. The Morgan fingerprint density at radius 2 is 2.10 bits per heavy atom. The maximum atomic E-state index is 12.8. The summed E-state index contributed by atoms with van der Waals surface area (Å²) in [5.74, 6) is 0.350. The van der Waals surface area contributed by atoms with Gasteiger partial charge in [0.05, 0.1) is 0 Å². The van der Waals surface area contributed by atoms with Gasteiger partial charge in [0.25, 0.3) is 10.0 Å². The highest BCUT2D eigenvalue weighted by Crippen LogP contribution is 2.35. The molecule has 2 rings (SSSR count). The predicted octanol–water partition coefficient (Wildman–Crippen LogP) is 2.59. The van der Waals surface area contributed by atoms with Crippen LogP contribution in [0.5, 0.6) is 0 Å². The maximum absolute atomic E-state index is 12.8. The third-order valence-electron chi connectivity index (χ3n) is 3.40. The van der Waals surface area contributed by atoms with E-state index >= 15 is 0 Å². The Morgan fingerprint density at radius 3 is 2.60 bits per heavy atom. The molecule has 0 radical (unpaired) electrons. The van der Waals surface area contributed by atoms with Crippen molar-refractivity contribution in [3.8, 4) is 0 Å². The summed E-state index contributed by atoms with van der Waals surface area (Å²) in [6, 6.07) is 2.04. The summed E-state index contributed by atoms with van der Waals surface area (Å²) in [5.41, 5.74) is 1.06. The van der Waals surface area contributed by atoms with Gasteiger partial charge in [-0.15, -0.1) is 11.3 Å². The smallest absolute Gasteiger partial charge is 0.252 e. The Hall–Kier alpha value is -0.430. The van der Waals surface area contributed by atoms with Crippen molar-refractivity contribution in [3.63, 3.8) is 0 Å². The van der Waals surface area contributed by atoms with E-state index in [-0.39, 0.29) is 6.04 Å². The second kappa shape index (κ2) is 6.13. The number of thiophene rings is 1. The highest BCUT2D eigenvalue weighted by Gasteiger charge is 2.39. The van der Waals surface area contributed by atoms with Gasteiger partial charge in [0.15, 0.2) is 0 Å². The number of nitrogens with zero attached hydrogens (tertiary/aromatic N) is 1. The molecule has 0 unspecified atom stereocenters. The third kappa shape index (κ3) is 3.42. The highest BCUT2D eigenvalue weighted by atomic mass is 32.2. The van der Waals surface area contributed by atoms with Crippen molar-refractivity contribution in [1.82, 2.24) is 9.62 Å². The lowest BCUT2D eigenvalue weighted by atomic mass is 10.2. The number of nitrogens with one attached hydrogen (secondary N) is 1. The fourth-order valence-corrected chi connectivity index (χ4v) is 5.81. The van der Waals surface area contributed by atoms with Crippen LogP contribution in [0.4, 0.5) is 0 Å². The van der Waals surface area contributed by atoms with Gasteiger partial charge in [0.1, 0.15) is 4.21 Å². The first-order valence-electron chi connectivity index (χ1n) is 7.12. The molecule has 0 aromatic carbocycles. The van der Waals surface area contributed by atoms with Gasteiger partial charge in [0.2, 0.25) is 0 Å². The molecular weight excluding hydrogens is 292 g/mol. The summed E-state index contributed by atoms with van der Waals surface area (Å²) in [4.78, 5) is 1.10. The highest BCUT2D eigenvalue weighted by molar-refractivity contribution is 7.91. The Balaban J connectivity index is 2.30. The van der Waals surface area contributed by atoms with Crippen LogP contribution in [-0.4, -0.2) is 32.4 Å². The van der Waals surface area contributed by atoms with Crippen molar-refractivity contribution < 1.29 is 8.42 Å². The average Bonchev–Trinajstić information content (AvgIpc) is 3.12. The van der Waals surface area contributed by atoms with E-state index < -0.39 is 10.0 Å². The molecule has 0 amide bonds. The van der Waals surface area contributed by atoms with Crippen molar-refractivity contribution >= 4 is 21.4 Å². The van der Waals surface area contributed by atoms with E-state index in [1.54, 1.807) is 4.31 Å². The topological polar surface area (TPSA) is 49.4 Å². The monoisotopic (exact) mass is 316 g/mol. The van der Waals surface area contributed by atoms with Gasteiger partial charge >= 0.3 is 0 Å². The molecule has 0 bridgehead atoms. The van der Waals surface area contributed by atoms with Gasteiger partial charge in [-0.1, -0.05) is 13.8 Å². The van der Waals surface area contributed by atoms with Crippen LogP contribution in [0, 0.1) is 12.8 Å². The fraction of sp³-hybridized carbons (Fsp3) is 0.714. The zero-order valence-electron chi connectivity index (χ0n) is 12.6. The Kier molecular flexibility index (Phi) is 4.89. The molecule has 20 heavy (non-hydrogen) atoms. The quantitative estimate of drug-likeness (QED) is 0.841. The molecule has 1 fully saturated rings. The lowest BCUT2D eigenvalue weighted by molar-refractivity contribution is 0.361. The summed E-state index contributed by atoms with van der Waals surface area (Å²) in [7, 11) is -1.45. The van der Waals surface area contributed by atoms with E-state index in [4.69, 9.17) is 0 Å². The lowest BCUT2D eigenvalue weighted by Gasteiger charge is -2.22. The maximum Gasteiger partial charge on any atom is 0.252 e. The zero-order valence-corrected chi connectivity index (χ0v) is 14.3. The minimum atomic E-state index is -3.33. The average molecular weight is 316 g/mol. The normalized spacial score (nSPS) is 16.3. The van der Waals surface area contributed by atoms with Gasteiger partial charge in [-0.2, -0.15) is 4.31 Å². The molecule has 1 saturated carbocycles. The molecule has 0 spiro atoms. The Morgan fingerprint density at radius 1 is 1.45 bits per heavy atom. The molecule has 4 nitrogen and oxygen atoms in total. The molecule has 1 aromatic heterocycles. The molecule has 0 aliphatic heterocycles. The number of sulfonamides is 1. The van der Waals surface area contributed by atoms with E-state index in [1.807, 2.05) is 20.0 Å². The molecular formula is C14H24N2O2S2. The first-order chi connectivity index (χ1) is 9.36. The lowest BCUT2D eigenvalue weighted by Crippen LogP contribution is -2.35. The summed E-state index contributed by atoms with van der Waals surface area (Å²) >= 11 is 1.40. The van der Waals surface area contributed by atoms with Crippen LogP contribution in [0.15, 0.2) is 10.3 Å². The Bertz CT molecular complexity index is 560. The van der Waals surface area contributed by atoms with Crippen molar-refractivity contribution in [1.29, 1.82) is 0 Å². The third-order valence-corrected chi connectivity index (χ3v) is 7.00. The molecule has 1 aliphatic carbocycles. The standard InChI is InChI=1S/C14H24N2O2S2/c1-10(2)9-16(12-5-6-12)20(17,18)14-7-11(3)13(19-14)8-15-4/h7,10,12,15H,5-6,8-9H2,1-4H3. The van der Waals surface area contributed by atoms with Gasteiger partial charge in [-0.3, -0.25) is 0 Å². The van der Waals surface area contributed by atoms with Gasteiger partial charge in [-0.25, -0.2) is 8.42 Å². The van der Waals surface area contributed by atoms with Crippen LogP contribution >= 0.6 is 11.3 Å². The number of aryl methyl sites for hydroxylation is 1. The number of hydrogen-bond acceptors (Lipinski definition) is 4. The van der Waals surface area contributed by atoms with Crippen LogP contribution in [-0.2, 0) is 16.6 Å². The van der Waals surface area contributed by atoms with Crippen LogP contribution in [0.1, 0.15) is 37.1 Å². The second-order valence-corrected chi connectivity index (χ2v) is 9.16. The minimum Gasteiger partial charge on any atom is -0.315 e. The van der Waals surface area contributed by atoms with E-state index in [1.165, 1.54) is 11.3 Å². The van der Waals surface area contributed by atoms with Crippen molar-refractivity contribution in [2.45, 2.75) is 50.4 Å². The van der Waals surface area contributed by atoms with Crippen LogP contribution in [0.25, 0.3) is 0 Å². The van der Waals surface area contributed by atoms with E-state index in [0.29, 0.717) is 16.7 Å². The molecule has 114 valence electrons. The van der Waals surface area contributed by atoms with E-state index in [9.17, 15) is 8.42 Å². The molecule has 6 heteroatoms. The van der Waals surface area contributed by atoms with Gasteiger partial charge in [0, 0.05) is 24.0 Å². The van der Waals surface area contributed by atoms with Gasteiger partial charge < -0.3 is 5.32 Å². The van der Waals surface area contributed by atoms with Crippen LogP contribution in [0.3, 0.4) is 0 Å². The molecule has 1 N–H and O–H groups in total. The van der Waals surface area contributed by atoms with Gasteiger partial charge in [-0.05, 0) is 44.4 Å².